The minimum absolute atomic E-state index is 0.131. The van der Waals surface area contributed by atoms with Crippen LogP contribution in [0.25, 0.3) is 5.69 Å². The Hall–Kier alpha value is -2.87. The number of hydrogen-bond acceptors (Lipinski definition) is 5. The van der Waals surface area contributed by atoms with Gasteiger partial charge in [0.15, 0.2) is 0 Å². The average molecular weight is 376 g/mol. The molecule has 0 aliphatic carbocycles. The van der Waals surface area contributed by atoms with Gasteiger partial charge < -0.3 is 9.42 Å². The number of nitrogens with zero attached hydrogens (tertiary/aromatic N) is 5. The molecule has 136 valence electrons. The van der Waals surface area contributed by atoms with Crippen LogP contribution < -0.4 is 5.69 Å². The van der Waals surface area contributed by atoms with Gasteiger partial charge in [0.1, 0.15) is 24.3 Å². The fourth-order valence-corrected chi connectivity index (χ4v) is 2.77. The van der Waals surface area contributed by atoms with Crippen LogP contribution in [0.4, 0.5) is 0 Å². The molecule has 0 bridgehead atoms. The third-order valence-corrected chi connectivity index (χ3v) is 4.60. The third kappa shape index (κ3) is 3.28. The van der Waals surface area contributed by atoms with E-state index < -0.39 is 5.69 Å². The van der Waals surface area contributed by atoms with E-state index in [0.29, 0.717) is 22.2 Å². The predicted molar refractivity (Wildman–Crippen MR) is 95.3 cm³/mol. The van der Waals surface area contributed by atoms with Crippen molar-refractivity contribution in [2.45, 2.75) is 26.4 Å². The number of hydrogen-bond donors (Lipinski definition) is 0. The number of likely N-dealkylation sites (N-methyl/N-ethyl adjacent to an activating group) is 1. The van der Waals surface area contributed by atoms with Gasteiger partial charge in [-0.2, -0.15) is 9.78 Å². The molecule has 8 nitrogen and oxygen atoms in total. The van der Waals surface area contributed by atoms with Gasteiger partial charge in [-0.25, -0.2) is 4.79 Å². The third-order valence-electron chi connectivity index (χ3n) is 4.28. The second-order valence-electron chi connectivity index (χ2n) is 5.88. The molecule has 0 aliphatic heterocycles. The number of carbonyl (C=O) groups is 1. The Bertz CT molecular complexity index is 977. The molecule has 1 unspecified atom stereocenters. The number of aromatic nitrogens is 4. The molecule has 26 heavy (non-hydrogen) atoms. The largest absolute Gasteiger partial charge is 0.364 e. The van der Waals surface area contributed by atoms with Crippen LogP contribution in [0, 0.1) is 6.92 Å². The van der Waals surface area contributed by atoms with Crippen LogP contribution in [-0.4, -0.2) is 37.4 Å². The molecular formula is C17H18ClN5O3. The number of amides is 1. The molecule has 0 radical (unpaired) electrons. The summed E-state index contributed by atoms with van der Waals surface area (Å²) in [6.45, 7) is 3.37. The summed E-state index contributed by atoms with van der Waals surface area (Å²) < 4.78 is 7.33. The molecule has 2 aromatic heterocycles. The molecule has 0 spiro atoms. The first kappa shape index (κ1) is 17.9. The molecule has 0 saturated carbocycles. The van der Waals surface area contributed by atoms with Crippen LogP contribution in [0.15, 0.2) is 45.9 Å². The summed E-state index contributed by atoms with van der Waals surface area (Å²) in [5.41, 5.74) is 0.681. The number of carbonyl (C=O) groups excluding carboxylic acids is 1. The van der Waals surface area contributed by atoms with Crippen molar-refractivity contribution in [3.8, 4) is 5.69 Å². The smallest absolute Gasteiger partial charge is 0.351 e. The Balaban J connectivity index is 1.86. The maximum atomic E-state index is 12.7. The maximum Gasteiger partial charge on any atom is 0.351 e. The maximum absolute atomic E-state index is 12.7. The van der Waals surface area contributed by atoms with E-state index in [1.54, 1.807) is 44.3 Å². The zero-order valence-corrected chi connectivity index (χ0v) is 15.3. The van der Waals surface area contributed by atoms with Gasteiger partial charge in [-0.05, 0) is 26.0 Å². The minimum Gasteiger partial charge on any atom is -0.364 e. The lowest BCUT2D eigenvalue weighted by molar-refractivity contribution is -0.132. The number of halogens is 1. The van der Waals surface area contributed by atoms with E-state index in [-0.39, 0.29) is 18.5 Å². The van der Waals surface area contributed by atoms with Crippen molar-refractivity contribution in [1.82, 2.24) is 24.4 Å². The van der Waals surface area contributed by atoms with Crippen molar-refractivity contribution in [1.29, 1.82) is 0 Å². The van der Waals surface area contributed by atoms with Crippen molar-refractivity contribution in [3.05, 3.63) is 63.6 Å². The Kier molecular flexibility index (Phi) is 4.94. The molecule has 0 saturated heterocycles. The average Bonchev–Trinajstić information content (AvgIpc) is 3.25. The van der Waals surface area contributed by atoms with Crippen molar-refractivity contribution >= 4 is 17.5 Å². The summed E-state index contributed by atoms with van der Waals surface area (Å²) in [4.78, 5) is 26.8. The lowest BCUT2D eigenvalue weighted by Crippen LogP contribution is -2.36. The molecule has 3 rings (SSSR count). The van der Waals surface area contributed by atoms with Gasteiger partial charge in [0, 0.05) is 13.1 Å². The van der Waals surface area contributed by atoms with Crippen LogP contribution >= 0.6 is 11.6 Å². The minimum atomic E-state index is -0.425. The zero-order valence-electron chi connectivity index (χ0n) is 14.6. The van der Waals surface area contributed by atoms with Crippen molar-refractivity contribution in [2.24, 2.45) is 0 Å². The van der Waals surface area contributed by atoms with Gasteiger partial charge in [0.25, 0.3) is 0 Å². The number of rotatable bonds is 5. The fraction of sp³-hybridized carbons (Fsp3) is 0.294. The Morgan fingerprint density at radius 2 is 2.08 bits per heavy atom. The monoisotopic (exact) mass is 375 g/mol. The van der Waals surface area contributed by atoms with E-state index in [0.717, 1.165) is 0 Å². The summed E-state index contributed by atoms with van der Waals surface area (Å²) in [7, 11) is 1.65. The van der Waals surface area contributed by atoms with Crippen molar-refractivity contribution in [3.63, 3.8) is 0 Å². The molecule has 2 heterocycles. The Labute approximate surface area is 154 Å². The summed E-state index contributed by atoms with van der Waals surface area (Å²) in [5, 5.41) is 8.48. The summed E-state index contributed by atoms with van der Waals surface area (Å²) in [6.07, 6.45) is 1.45. The van der Waals surface area contributed by atoms with E-state index in [2.05, 4.69) is 10.3 Å². The molecule has 0 N–H and O–H groups in total. The Morgan fingerprint density at radius 3 is 2.73 bits per heavy atom. The van der Waals surface area contributed by atoms with E-state index in [4.69, 9.17) is 16.1 Å². The van der Waals surface area contributed by atoms with Crippen molar-refractivity contribution < 1.29 is 9.32 Å². The molecule has 0 fully saturated rings. The van der Waals surface area contributed by atoms with Gasteiger partial charge in [-0.1, -0.05) is 28.9 Å². The molecule has 1 aromatic carbocycles. The quantitative estimate of drug-likeness (QED) is 0.682. The number of para-hydroxylation sites is 1. The van der Waals surface area contributed by atoms with Gasteiger partial charge in [-0.3, -0.25) is 9.36 Å². The standard InChI is InChI=1S/C17H18ClN5O3/c1-11(14-8-9-26-20-14)21(3)16(24)10-22-12(2)19-23(17(22)25)15-7-5-4-6-13(15)18/h4-9,11H,10H2,1-3H3. The van der Waals surface area contributed by atoms with Crippen LogP contribution in [0.2, 0.25) is 5.02 Å². The first-order valence-electron chi connectivity index (χ1n) is 7.97. The highest BCUT2D eigenvalue weighted by Crippen LogP contribution is 2.18. The van der Waals surface area contributed by atoms with Gasteiger partial charge in [-0.15, -0.1) is 0 Å². The summed E-state index contributed by atoms with van der Waals surface area (Å²) in [6, 6.07) is 8.32. The molecule has 1 atom stereocenters. The van der Waals surface area contributed by atoms with Crippen molar-refractivity contribution in [2.75, 3.05) is 7.05 Å². The van der Waals surface area contributed by atoms with E-state index in [9.17, 15) is 9.59 Å². The topological polar surface area (TPSA) is 86.2 Å². The molecule has 3 aromatic rings. The van der Waals surface area contributed by atoms with Crippen LogP contribution in [-0.2, 0) is 11.3 Å². The van der Waals surface area contributed by atoms with E-state index >= 15 is 0 Å². The highest BCUT2D eigenvalue weighted by Gasteiger charge is 2.22. The molecule has 0 aliphatic rings. The molecule has 9 heteroatoms. The lowest BCUT2D eigenvalue weighted by atomic mass is 10.2. The number of benzene rings is 1. The van der Waals surface area contributed by atoms with E-state index in [1.807, 2.05) is 6.92 Å². The van der Waals surface area contributed by atoms with Crippen LogP contribution in [0.5, 0.6) is 0 Å². The molecule has 1 amide bonds. The van der Waals surface area contributed by atoms with E-state index in [1.165, 1.54) is 20.4 Å². The Morgan fingerprint density at radius 1 is 1.35 bits per heavy atom. The summed E-state index contributed by atoms with van der Waals surface area (Å²) in [5.74, 6) is 0.176. The zero-order chi connectivity index (χ0) is 18.8. The summed E-state index contributed by atoms with van der Waals surface area (Å²) >= 11 is 6.15. The van der Waals surface area contributed by atoms with Gasteiger partial charge in [0.05, 0.1) is 16.8 Å². The molecular weight excluding hydrogens is 358 g/mol. The van der Waals surface area contributed by atoms with Gasteiger partial charge in [0.2, 0.25) is 5.91 Å². The first-order chi connectivity index (χ1) is 12.4. The van der Waals surface area contributed by atoms with Crippen LogP contribution in [0.1, 0.15) is 24.5 Å². The van der Waals surface area contributed by atoms with Gasteiger partial charge >= 0.3 is 5.69 Å². The highest BCUT2D eigenvalue weighted by atomic mass is 35.5. The normalized spacial score (nSPS) is 12.2. The fourth-order valence-electron chi connectivity index (χ4n) is 2.56. The lowest BCUT2D eigenvalue weighted by Gasteiger charge is -2.23. The van der Waals surface area contributed by atoms with Crippen LogP contribution in [0.3, 0.4) is 0 Å². The predicted octanol–water partition coefficient (Wildman–Crippen LogP) is 2.20. The second kappa shape index (κ2) is 7.17. The first-order valence-corrected chi connectivity index (χ1v) is 8.35. The second-order valence-corrected chi connectivity index (χ2v) is 6.29. The SMILES string of the molecule is Cc1nn(-c2ccccc2Cl)c(=O)n1CC(=O)N(C)C(C)c1ccon1. The number of aryl methyl sites for hydroxylation is 1. The highest BCUT2D eigenvalue weighted by molar-refractivity contribution is 6.32.